The van der Waals surface area contributed by atoms with Crippen molar-refractivity contribution in [2.75, 3.05) is 6.54 Å². The lowest BCUT2D eigenvalue weighted by Gasteiger charge is -2.11. The molecule has 0 atom stereocenters. The van der Waals surface area contributed by atoms with E-state index in [4.69, 9.17) is 0 Å². The smallest absolute Gasteiger partial charge is 0.0525 e. The summed E-state index contributed by atoms with van der Waals surface area (Å²) in [5.74, 6) is 0. The Morgan fingerprint density at radius 1 is 1.50 bits per heavy atom. The average molecular weight is 218 g/mol. The second-order valence-electron chi connectivity index (χ2n) is 3.54. The predicted octanol–water partition coefficient (Wildman–Crippen LogP) is 2.39. The Hall–Kier alpha value is -0.540. The zero-order chi connectivity index (χ0) is 9.68. The summed E-state index contributed by atoms with van der Waals surface area (Å²) in [6.45, 7) is 8.47. The first-order valence-electron chi connectivity index (χ1n) is 4.98. The van der Waals surface area contributed by atoms with Gasteiger partial charge in [0.2, 0.25) is 0 Å². The lowest BCUT2D eigenvalue weighted by Crippen LogP contribution is -2.18. The van der Waals surface area contributed by atoms with Crippen LogP contribution < -0.4 is 5.32 Å². The highest BCUT2D eigenvalue weighted by Crippen LogP contribution is 2.07. The number of nitrogens with one attached hydrogen (secondary N) is 1. The van der Waals surface area contributed by atoms with E-state index in [1.165, 1.54) is 12.1 Å². The molecule has 14 heavy (non-hydrogen) atoms. The molecule has 0 aliphatic carbocycles. The molecule has 0 fully saturated rings. The van der Waals surface area contributed by atoms with Crippen molar-refractivity contribution in [1.29, 1.82) is 0 Å². The minimum Gasteiger partial charge on any atom is -0.311 e. The van der Waals surface area contributed by atoms with Gasteiger partial charge in [-0.25, -0.2) is 0 Å². The van der Waals surface area contributed by atoms with Crippen LogP contribution in [0.5, 0.6) is 0 Å². The molecule has 0 unspecified atom stereocenters. The lowest BCUT2D eigenvalue weighted by molar-refractivity contribution is 0.495. The van der Waals surface area contributed by atoms with Gasteiger partial charge in [-0.1, -0.05) is 6.92 Å². The highest BCUT2D eigenvalue weighted by molar-refractivity contribution is 5.85. The van der Waals surface area contributed by atoms with Crippen molar-refractivity contribution < 1.29 is 0 Å². The molecule has 0 radical (unpaired) electrons. The second-order valence-corrected chi connectivity index (χ2v) is 3.54. The van der Waals surface area contributed by atoms with Crippen molar-refractivity contribution in [3.05, 3.63) is 18.0 Å². The van der Waals surface area contributed by atoms with Gasteiger partial charge >= 0.3 is 0 Å². The van der Waals surface area contributed by atoms with Gasteiger partial charge in [0.25, 0.3) is 0 Å². The molecule has 0 aliphatic rings. The summed E-state index contributed by atoms with van der Waals surface area (Å²) in [6.07, 6.45) is 3.04. The number of hydrogen-bond donors (Lipinski definition) is 1. The largest absolute Gasteiger partial charge is 0.311 e. The Labute approximate surface area is 92.3 Å². The van der Waals surface area contributed by atoms with Crippen molar-refractivity contribution in [2.45, 2.75) is 39.8 Å². The van der Waals surface area contributed by atoms with E-state index >= 15 is 0 Å². The molecule has 1 aromatic rings. The molecule has 0 aromatic carbocycles. The van der Waals surface area contributed by atoms with E-state index in [1.54, 1.807) is 0 Å². The van der Waals surface area contributed by atoms with Gasteiger partial charge in [0.05, 0.1) is 5.69 Å². The molecule has 0 aliphatic heterocycles. The fraction of sp³-hybridized carbons (Fsp3) is 0.700. The van der Waals surface area contributed by atoms with Gasteiger partial charge in [0.1, 0.15) is 0 Å². The van der Waals surface area contributed by atoms with Crippen molar-refractivity contribution in [1.82, 2.24) is 15.1 Å². The van der Waals surface area contributed by atoms with E-state index in [-0.39, 0.29) is 12.4 Å². The van der Waals surface area contributed by atoms with E-state index in [2.05, 4.69) is 41.9 Å². The molecule has 4 heteroatoms. The molecule has 1 heterocycles. The molecular weight excluding hydrogens is 198 g/mol. The van der Waals surface area contributed by atoms with E-state index in [1.807, 2.05) is 6.20 Å². The SMILES string of the molecule is CCCNCc1ccnn1C(C)C.Cl. The van der Waals surface area contributed by atoms with Gasteiger partial charge in [-0.2, -0.15) is 5.10 Å². The van der Waals surface area contributed by atoms with Crippen LogP contribution in [0.15, 0.2) is 12.3 Å². The number of nitrogens with zero attached hydrogens (tertiary/aromatic N) is 2. The minimum atomic E-state index is 0. The maximum atomic E-state index is 4.27. The monoisotopic (exact) mass is 217 g/mol. The zero-order valence-corrected chi connectivity index (χ0v) is 9.97. The topological polar surface area (TPSA) is 29.9 Å². The first-order valence-corrected chi connectivity index (χ1v) is 4.98. The molecule has 0 saturated heterocycles. The summed E-state index contributed by atoms with van der Waals surface area (Å²) in [7, 11) is 0. The molecule has 1 rings (SSSR count). The van der Waals surface area contributed by atoms with Crippen LogP contribution in [0.2, 0.25) is 0 Å². The highest BCUT2D eigenvalue weighted by Gasteiger charge is 2.03. The molecular formula is C10H20ClN3. The fourth-order valence-electron chi connectivity index (χ4n) is 1.34. The molecule has 0 bridgehead atoms. The summed E-state index contributed by atoms with van der Waals surface area (Å²) in [4.78, 5) is 0. The Kier molecular flexibility index (Phi) is 6.58. The van der Waals surface area contributed by atoms with Crippen molar-refractivity contribution in [3.63, 3.8) is 0 Å². The Morgan fingerprint density at radius 2 is 2.21 bits per heavy atom. The number of rotatable bonds is 5. The first kappa shape index (κ1) is 13.5. The van der Waals surface area contributed by atoms with E-state index < -0.39 is 0 Å². The quantitative estimate of drug-likeness (QED) is 0.768. The zero-order valence-electron chi connectivity index (χ0n) is 9.16. The van der Waals surface area contributed by atoms with Crippen molar-refractivity contribution in [3.8, 4) is 0 Å². The Bertz CT molecular complexity index is 245. The Morgan fingerprint density at radius 3 is 2.79 bits per heavy atom. The minimum absolute atomic E-state index is 0. The van der Waals surface area contributed by atoms with Crippen LogP contribution >= 0.6 is 12.4 Å². The number of hydrogen-bond acceptors (Lipinski definition) is 2. The van der Waals surface area contributed by atoms with Gasteiger partial charge in [-0.15, -0.1) is 12.4 Å². The van der Waals surface area contributed by atoms with Gasteiger partial charge < -0.3 is 5.32 Å². The van der Waals surface area contributed by atoms with E-state index in [0.717, 1.165) is 13.1 Å². The van der Waals surface area contributed by atoms with Crippen LogP contribution in [0.25, 0.3) is 0 Å². The summed E-state index contributed by atoms with van der Waals surface area (Å²) in [5, 5.41) is 7.64. The predicted molar refractivity (Wildman–Crippen MR) is 61.9 cm³/mol. The van der Waals surface area contributed by atoms with Gasteiger partial charge in [0, 0.05) is 18.8 Å². The third-order valence-corrected chi connectivity index (χ3v) is 1.97. The maximum absolute atomic E-state index is 4.27. The summed E-state index contributed by atoms with van der Waals surface area (Å²) < 4.78 is 2.06. The first-order chi connectivity index (χ1) is 6.25. The molecule has 1 aromatic heterocycles. The molecule has 0 saturated carbocycles. The van der Waals surface area contributed by atoms with E-state index in [9.17, 15) is 0 Å². The molecule has 0 spiro atoms. The summed E-state index contributed by atoms with van der Waals surface area (Å²) >= 11 is 0. The molecule has 3 nitrogen and oxygen atoms in total. The fourth-order valence-corrected chi connectivity index (χ4v) is 1.34. The number of aromatic nitrogens is 2. The molecule has 82 valence electrons. The van der Waals surface area contributed by atoms with Gasteiger partial charge in [0.15, 0.2) is 0 Å². The third-order valence-electron chi connectivity index (χ3n) is 1.97. The van der Waals surface area contributed by atoms with Crippen molar-refractivity contribution >= 4 is 12.4 Å². The van der Waals surface area contributed by atoms with E-state index in [0.29, 0.717) is 6.04 Å². The average Bonchev–Trinajstić information content (AvgIpc) is 2.53. The van der Waals surface area contributed by atoms with Crippen LogP contribution in [0.1, 0.15) is 38.9 Å². The lowest BCUT2D eigenvalue weighted by atomic mass is 10.3. The summed E-state index contributed by atoms with van der Waals surface area (Å²) in [6, 6.07) is 2.52. The van der Waals surface area contributed by atoms with Crippen LogP contribution in [0, 0.1) is 0 Å². The van der Waals surface area contributed by atoms with Crippen LogP contribution in [0.4, 0.5) is 0 Å². The van der Waals surface area contributed by atoms with Crippen LogP contribution in [0.3, 0.4) is 0 Å². The standard InChI is InChI=1S/C10H19N3.ClH/c1-4-6-11-8-10-5-7-12-13(10)9(2)3;/h5,7,9,11H,4,6,8H2,1-3H3;1H. The highest BCUT2D eigenvalue weighted by atomic mass is 35.5. The van der Waals surface area contributed by atoms with Gasteiger partial charge in [-0.3, -0.25) is 4.68 Å². The van der Waals surface area contributed by atoms with Gasteiger partial charge in [-0.05, 0) is 32.9 Å². The normalized spacial score (nSPS) is 10.3. The third kappa shape index (κ3) is 3.68. The Balaban J connectivity index is 0.00000169. The summed E-state index contributed by atoms with van der Waals surface area (Å²) in [5.41, 5.74) is 1.27. The number of halogens is 1. The maximum Gasteiger partial charge on any atom is 0.0525 e. The van der Waals surface area contributed by atoms with Crippen LogP contribution in [-0.2, 0) is 6.54 Å². The van der Waals surface area contributed by atoms with Crippen molar-refractivity contribution in [2.24, 2.45) is 0 Å². The molecule has 0 amide bonds. The second kappa shape index (κ2) is 6.85. The van der Waals surface area contributed by atoms with Crippen LogP contribution in [-0.4, -0.2) is 16.3 Å². The molecule has 1 N–H and O–H groups in total.